The normalized spacial score (nSPS) is 16.7. The van der Waals surface area contributed by atoms with Crippen molar-refractivity contribution in [2.75, 3.05) is 25.1 Å². The monoisotopic (exact) mass is 326 g/mol. The number of piperidine rings is 1. The third-order valence-corrected chi connectivity index (χ3v) is 4.87. The second-order valence-electron chi connectivity index (χ2n) is 5.86. The molecule has 3 nitrogen and oxygen atoms in total. The van der Waals surface area contributed by atoms with Crippen molar-refractivity contribution in [3.05, 3.63) is 59.1 Å². The first-order valence-electron chi connectivity index (χ1n) is 7.74. The lowest BCUT2D eigenvalue weighted by molar-refractivity contribution is 0.396. The summed E-state index contributed by atoms with van der Waals surface area (Å²) >= 11 is 6.11. The number of para-hydroxylation sites is 2. The first-order valence-corrected chi connectivity index (χ1v) is 8.11. The summed E-state index contributed by atoms with van der Waals surface area (Å²) in [6.45, 7) is 1.64. The van der Waals surface area contributed by atoms with Crippen LogP contribution in [0.4, 0.5) is 5.69 Å². The van der Waals surface area contributed by atoms with Gasteiger partial charge in [0.05, 0.1) is 24.3 Å². The van der Waals surface area contributed by atoms with Crippen molar-refractivity contribution in [2.45, 2.75) is 18.3 Å². The molecule has 0 aromatic heterocycles. The predicted octanol–water partition coefficient (Wildman–Crippen LogP) is 4.41. The molecule has 2 aromatic rings. The van der Waals surface area contributed by atoms with Gasteiger partial charge in [0.2, 0.25) is 0 Å². The Balaban J connectivity index is 1.83. The fourth-order valence-electron chi connectivity index (χ4n) is 3.27. The Bertz CT molecular complexity index is 730. The average Bonchev–Trinajstić information content (AvgIpc) is 2.62. The van der Waals surface area contributed by atoms with Gasteiger partial charge in [-0.3, -0.25) is 0 Å². The zero-order chi connectivity index (χ0) is 16.3. The Labute approximate surface area is 142 Å². The van der Waals surface area contributed by atoms with Crippen molar-refractivity contribution in [1.29, 1.82) is 5.26 Å². The van der Waals surface area contributed by atoms with Gasteiger partial charge in [0.15, 0.2) is 0 Å². The molecular formula is C19H19ClN2O. The van der Waals surface area contributed by atoms with Gasteiger partial charge in [-0.15, -0.1) is 0 Å². The van der Waals surface area contributed by atoms with E-state index in [0.29, 0.717) is 5.02 Å². The molecule has 0 aliphatic carbocycles. The van der Waals surface area contributed by atoms with Gasteiger partial charge < -0.3 is 9.64 Å². The second-order valence-corrected chi connectivity index (χ2v) is 6.30. The van der Waals surface area contributed by atoms with Gasteiger partial charge in [0.1, 0.15) is 5.75 Å². The number of anilines is 1. The molecule has 3 rings (SSSR count). The van der Waals surface area contributed by atoms with Crippen molar-refractivity contribution in [1.82, 2.24) is 0 Å². The van der Waals surface area contributed by atoms with Crippen molar-refractivity contribution in [3.63, 3.8) is 0 Å². The summed E-state index contributed by atoms with van der Waals surface area (Å²) in [4.78, 5) is 2.29. The Morgan fingerprint density at radius 3 is 2.52 bits per heavy atom. The van der Waals surface area contributed by atoms with Crippen LogP contribution in [0.3, 0.4) is 0 Å². The lowest BCUT2D eigenvalue weighted by Crippen LogP contribution is -2.42. The third kappa shape index (κ3) is 3.00. The molecule has 0 radical (unpaired) electrons. The van der Waals surface area contributed by atoms with Crippen molar-refractivity contribution < 1.29 is 4.74 Å². The number of methoxy groups -OCH3 is 1. The van der Waals surface area contributed by atoms with Gasteiger partial charge in [0, 0.05) is 18.1 Å². The highest BCUT2D eigenvalue weighted by molar-refractivity contribution is 6.30. The Morgan fingerprint density at radius 1 is 1.13 bits per heavy atom. The van der Waals surface area contributed by atoms with E-state index in [9.17, 15) is 5.26 Å². The number of halogens is 1. The number of hydrogen-bond acceptors (Lipinski definition) is 3. The molecule has 1 fully saturated rings. The molecule has 1 saturated heterocycles. The summed E-state index contributed by atoms with van der Waals surface area (Å²) in [5.74, 6) is 0.875. The fourth-order valence-corrected chi connectivity index (χ4v) is 3.46. The summed E-state index contributed by atoms with van der Waals surface area (Å²) < 4.78 is 5.45. The maximum atomic E-state index is 9.81. The highest BCUT2D eigenvalue weighted by atomic mass is 35.5. The van der Waals surface area contributed by atoms with E-state index in [-0.39, 0.29) is 0 Å². The van der Waals surface area contributed by atoms with Crippen LogP contribution in [0.25, 0.3) is 0 Å². The first-order chi connectivity index (χ1) is 11.2. The van der Waals surface area contributed by atoms with Crippen molar-refractivity contribution in [3.8, 4) is 11.8 Å². The molecule has 1 aliphatic rings. The highest BCUT2D eigenvalue weighted by Crippen LogP contribution is 2.39. The van der Waals surface area contributed by atoms with Gasteiger partial charge in [-0.05, 0) is 42.7 Å². The SMILES string of the molecule is COc1ccccc1N1CCC(C#N)(c2cccc(Cl)c2)CC1. The van der Waals surface area contributed by atoms with E-state index in [0.717, 1.165) is 42.9 Å². The zero-order valence-corrected chi connectivity index (χ0v) is 13.9. The molecule has 1 aliphatic heterocycles. The number of nitrogens with zero attached hydrogens (tertiary/aromatic N) is 2. The van der Waals surface area contributed by atoms with Gasteiger partial charge in [0.25, 0.3) is 0 Å². The largest absolute Gasteiger partial charge is 0.495 e. The predicted molar refractivity (Wildman–Crippen MR) is 93.2 cm³/mol. The lowest BCUT2D eigenvalue weighted by atomic mass is 9.74. The smallest absolute Gasteiger partial charge is 0.142 e. The molecule has 0 unspecified atom stereocenters. The van der Waals surface area contributed by atoms with E-state index in [2.05, 4.69) is 17.0 Å². The minimum atomic E-state index is -0.455. The van der Waals surface area contributed by atoms with Crippen LogP contribution in [0.5, 0.6) is 5.75 Å². The minimum absolute atomic E-state index is 0.455. The molecule has 0 bridgehead atoms. The van der Waals surface area contributed by atoms with Crippen LogP contribution in [0, 0.1) is 11.3 Å². The summed E-state index contributed by atoms with van der Waals surface area (Å²) in [6, 6.07) is 18.3. The average molecular weight is 327 g/mol. The Hall–Kier alpha value is -2.18. The number of hydrogen-bond donors (Lipinski definition) is 0. The molecule has 2 aromatic carbocycles. The molecule has 0 amide bonds. The van der Waals surface area contributed by atoms with Crippen LogP contribution in [0.1, 0.15) is 18.4 Å². The molecule has 118 valence electrons. The lowest BCUT2D eigenvalue weighted by Gasteiger charge is -2.39. The number of benzene rings is 2. The van der Waals surface area contributed by atoms with Crippen molar-refractivity contribution >= 4 is 17.3 Å². The summed E-state index contributed by atoms with van der Waals surface area (Å²) in [5, 5.41) is 10.5. The molecule has 0 saturated carbocycles. The van der Waals surface area contributed by atoms with E-state index in [1.165, 1.54) is 0 Å². The van der Waals surface area contributed by atoms with E-state index < -0.39 is 5.41 Å². The second kappa shape index (κ2) is 6.52. The van der Waals surface area contributed by atoms with Crippen molar-refractivity contribution in [2.24, 2.45) is 0 Å². The Morgan fingerprint density at radius 2 is 1.87 bits per heavy atom. The third-order valence-electron chi connectivity index (χ3n) is 4.63. The van der Waals surface area contributed by atoms with Gasteiger partial charge in [-0.1, -0.05) is 35.9 Å². The van der Waals surface area contributed by atoms with Gasteiger partial charge in [-0.25, -0.2) is 0 Å². The quantitative estimate of drug-likeness (QED) is 0.838. The van der Waals surface area contributed by atoms with E-state index >= 15 is 0 Å². The zero-order valence-electron chi connectivity index (χ0n) is 13.1. The van der Waals surface area contributed by atoms with Gasteiger partial charge in [-0.2, -0.15) is 5.26 Å². The maximum Gasteiger partial charge on any atom is 0.142 e. The van der Waals surface area contributed by atoms with Crippen LogP contribution in [-0.4, -0.2) is 20.2 Å². The van der Waals surface area contributed by atoms with Crippen LogP contribution in [0.2, 0.25) is 5.02 Å². The molecule has 0 spiro atoms. The molecule has 1 heterocycles. The van der Waals surface area contributed by atoms with E-state index in [1.54, 1.807) is 7.11 Å². The minimum Gasteiger partial charge on any atom is -0.495 e. The Kier molecular flexibility index (Phi) is 4.45. The van der Waals surface area contributed by atoms with E-state index in [1.807, 2.05) is 42.5 Å². The summed E-state index contributed by atoms with van der Waals surface area (Å²) in [5.41, 5.74) is 1.66. The van der Waals surface area contributed by atoms with Crippen LogP contribution >= 0.6 is 11.6 Å². The van der Waals surface area contributed by atoms with E-state index in [4.69, 9.17) is 16.3 Å². The highest BCUT2D eigenvalue weighted by Gasteiger charge is 2.37. The molecule has 23 heavy (non-hydrogen) atoms. The number of ether oxygens (including phenoxy) is 1. The number of nitriles is 1. The standard InChI is InChI=1S/C19H19ClN2O/c1-23-18-8-3-2-7-17(18)22-11-9-19(14-21,10-12-22)15-5-4-6-16(20)13-15/h2-8,13H,9-12H2,1H3. The summed E-state index contributed by atoms with van der Waals surface area (Å²) in [6.07, 6.45) is 1.56. The molecule has 0 N–H and O–H groups in total. The maximum absolute atomic E-state index is 9.81. The van der Waals surface area contributed by atoms with Crippen LogP contribution in [0.15, 0.2) is 48.5 Å². The molecule has 0 atom stereocenters. The van der Waals surface area contributed by atoms with Gasteiger partial charge >= 0.3 is 0 Å². The first kappa shape index (κ1) is 15.7. The summed E-state index contributed by atoms with van der Waals surface area (Å²) in [7, 11) is 1.69. The number of rotatable bonds is 3. The fraction of sp³-hybridized carbons (Fsp3) is 0.316. The molecule has 4 heteroatoms. The topological polar surface area (TPSA) is 36.3 Å². The van der Waals surface area contributed by atoms with Crippen LogP contribution < -0.4 is 9.64 Å². The van der Waals surface area contributed by atoms with Crippen LogP contribution in [-0.2, 0) is 5.41 Å². The molecular weight excluding hydrogens is 308 g/mol.